The molecule has 0 aromatic carbocycles. The first-order valence-electron chi connectivity index (χ1n) is 5.73. The Bertz CT molecular complexity index is 366. The lowest BCUT2D eigenvalue weighted by Gasteiger charge is -2.17. The molecular weight excluding hydrogens is 368 g/mol. The number of nitrogens with one attached hydrogen (secondary N) is 1. The third-order valence-electron chi connectivity index (χ3n) is 3.06. The molecule has 2 atom stereocenters. The first-order chi connectivity index (χ1) is 8.20. The fourth-order valence-corrected chi connectivity index (χ4v) is 5.12. The lowest BCUT2D eigenvalue weighted by Crippen LogP contribution is -2.28. The van der Waals surface area contributed by atoms with Crippen molar-refractivity contribution >= 4 is 43.2 Å². The summed E-state index contributed by atoms with van der Waals surface area (Å²) in [5.74, 6) is 5.65. The van der Waals surface area contributed by atoms with E-state index in [1.165, 1.54) is 18.4 Å². The molecule has 2 unspecified atom stereocenters. The van der Waals surface area contributed by atoms with Gasteiger partial charge in [0.15, 0.2) is 0 Å². The monoisotopic (exact) mass is 382 g/mol. The Balaban J connectivity index is 1.93. The molecule has 1 aliphatic heterocycles. The Kier molecular flexibility index (Phi) is 5.45. The lowest BCUT2D eigenvalue weighted by atomic mass is 10.0. The Labute approximate surface area is 122 Å². The van der Waals surface area contributed by atoms with Gasteiger partial charge in [-0.3, -0.25) is 11.3 Å². The number of halogens is 2. The Morgan fingerprint density at radius 1 is 1.59 bits per heavy atom. The molecule has 1 fully saturated rings. The SMILES string of the molecule is NNC(CCC1CCCO1)c1cc(Br)sc1Br. The highest BCUT2D eigenvalue weighted by Crippen LogP contribution is 2.37. The van der Waals surface area contributed by atoms with Gasteiger partial charge < -0.3 is 4.74 Å². The average Bonchev–Trinajstić information content (AvgIpc) is 2.90. The minimum absolute atomic E-state index is 0.191. The number of rotatable bonds is 5. The minimum Gasteiger partial charge on any atom is -0.378 e. The van der Waals surface area contributed by atoms with Crippen LogP contribution >= 0.6 is 43.2 Å². The first kappa shape index (κ1) is 14.0. The molecule has 0 amide bonds. The number of nitrogens with two attached hydrogens (primary N) is 1. The molecule has 17 heavy (non-hydrogen) atoms. The predicted octanol–water partition coefficient (Wildman–Crippen LogP) is 3.74. The Morgan fingerprint density at radius 3 is 2.94 bits per heavy atom. The highest BCUT2D eigenvalue weighted by Gasteiger charge is 2.20. The largest absolute Gasteiger partial charge is 0.378 e. The standard InChI is InChI=1S/C11H16Br2N2OS/c12-10-6-8(11(13)17-10)9(15-14)4-3-7-2-1-5-16-7/h6-7,9,15H,1-5,14H2. The zero-order valence-electron chi connectivity index (χ0n) is 9.42. The summed E-state index contributed by atoms with van der Waals surface area (Å²) in [5, 5.41) is 0. The van der Waals surface area contributed by atoms with E-state index in [1.54, 1.807) is 11.3 Å². The fourth-order valence-electron chi connectivity index (χ4n) is 2.14. The van der Waals surface area contributed by atoms with Crippen LogP contribution in [0.5, 0.6) is 0 Å². The van der Waals surface area contributed by atoms with Gasteiger partial charge in [0.05, 0.1) is 13.7 Å². The second-order valence-corrected chi connectivity index (χ2v) is 7.96. The fraction of sp³-hybridized carbons (Fsp3) is 0.636. The zero-order valence-corrected chi connectivity index (χ0v) is 13.4. The summed E-state index contributed by atoms with van der Waals surface area (Å²) in [4.78, 5) is 0. The summed E-state index contributed by atoms with van der Waals surface area (Å²) in [7, 11) is 0. The van der Waals surface area contributed by atoms with Crippen LogP contribution < -0.4 is 11.3 Å². The van der Waals surface area contributed by atoms with Crippen molar-refractivity contribution in [2.24, 2.45) is 5.84 Å². The molecule has 3 N–H and O–H groups in total. The maximum atomic E-state index is 5.65. The van der Waals surface area contributed by atoms with Crippen molar-refractivity contribution in [3.63, 3.8) is 0 Å². The van der Waals surface area contributed by atoms with Crippen LogP contribution in [-0.4, -0.2) is 12.7 Å². The highest BCUT2D eigenvalue weighted by molar-refractivity contribution is 9.12. The van der Waals surface area contributed by atoms with Crippen LogP contribution in [0.15, 0.2) is 13.6 Å². The molecule has 0 aliphatic carbocycles. The number of ether oxygens (including phenoxy) is 1. The maximum Gasteiger partial charge on any atom is 0.0758 e. The summed E-state index contributed by atoms with van der Waals surface area (Å²) in [6.07, 6.45) is 4.87. The summed E-state index contributed by atoms with van der Waals surface area (Å²) < 4.78 is 7.89. The molecule has 3 nitrogen and oxygen atoms in total. The molecule has 1 aromatic rings. The van der Waals surface area contributed by atoms with Crippen molar-refractivity contribution in [3.8, 4) is 0 Å². The van der Waals surface area contributed by atoms with Crippen molar-refractivity contribution in [2.45, 2.75) is 37.8 Å². The van der Waals surface area contributed by atoms with Crippen molar-refractivity contribution in [3.05, 3.63) is 19.2 Å². The van der Waals surface area contributed by atoms with Gasteiger partial charge in [-0.05, 0) is 69.2 Å². The second-order valence-electron chi connectivity index (χ2n) is 4.21. The highest BCUT2D eigenvalue weighted by atomic mass is 79.9. The summed E-state index contributed by atoms with van der Waals surface area (Å²) in [6.45, 7) is 0.916. The molecule has 0 bridgehead atoms. The first-order valence-corrected chi connectivity index (χ1v) is 8.13. The van der Waals surface area contributed by atoms with Crippen LogP contribution in [0, 0.1) is 0 Å². The number of hydrogen-bond donors (Lipinski definition) is 2. The maximum absolute atomic E-state index is 5.65. The van der Waals surface area contributed by atoms with E-state index in [2.05, 4.69) is 43.4 Å². The molecule has 0 spiro atoms. The molecule has 0 saturated carbocycles. The molecule has 96 valence electrons. The van der Waals surface area contributed by atoms with Gasteiger partial charge in [0.1, 0.15) is 0 Å². The Morgan fingerprint density at radius 2 is 2.41 bits per heavy atom. The van der Waals surface area contributed by atoms with Crippen LogP contribution in [0.25, 0.3) is 0 Å². The van der Waals surface area contributed by atoms with Gasteiger partial charge in [0, 0.05) is 12.6 Å². The van der Waals surface area contributed by atoms with E-state index in [1.807, 2.05) is 0 Å². The minimum atomic E-state index is 0.191. The predicted molar refractivity (Wildman–Crippen MR) is 78.0 cm³/mol. The van der Waals surface area contributed by atoms with Gasteiger partial charge >= 0.3 is 0 Å². The van der Waals surface area contributed by atoms with Crippen molar-refractivity contribution in [1.29, 1.82) is 0 Å². The van der Waals surface area contributed by atoms with Crippen LogP contribution in [0.3, 0.4) is 0 Å². The molecular formula is C11H16Br2N2OS. The molecule has 0 radical (unpaired) electrons. The van der Waals surface area contributed by atoms with Crippen LogP contribution in [0.2, 0.25) is 0 Å². The van der Waals surface area contributed by atoms with E-state index in [0.29, 0.717) is 6.10 Å². The van der Waals surface area contributed by atoms with Gasteiger partial charge in [-0.25, -0.2) is 0 Å². The van der Waals surface area contributed by atoms with Crippen molar-refractivity contribution in [1.82, 2.24) is 5.43 Å². The van der Waals surface area contributed by atoms with E-state index in [0.717, 1.165) is 27.0 Å². The smallest absolute Gasteiger partial charge is 0.0758 e. The van der Waals surface area contributed by atoms with E-state index in [9.17, 15) is 0 Å². The van der Waals surface area contributed by atoms with E-state index in [-0.39, 0.29) is 6.04 Å². The normalized spacial score (nSPS) is 21.9. The quantitative estimate of drug-likeness (QED) is 0.601. The molecule has 1 aliphatic rings. The zero-order chi connectivity index (χ0) is 12.3. The van der Waals surface area contributed by atoms with E-state index in [4.69, 9.17) is 10.6 Å². The van der Waals surface area contributed by atoms with Gasteiger partial charge in [-0.1, -0.05) is 0 Å². The number of hydrogen-bond acceptors (Lipinski definition) is 4. The molecule has 2 rings (SSSR count). The van der Waals surface area contributed by atoms with Crippen LogP contribution in [-0.2, 0) is 4.74 Å². The Hall–Kier alpha value is 0.540. The molecule has 6 heteroatoms. The number of hydrazine groups is 1. The van der Waals surface area contributed by atoms with E-state index < -0.39 is 0 Å². The third-order valence-corrected chi connectivity index (χ3v) is 5.45. The molecule has 1 saturated heterocycles. The topological polar surface area (TPSA) is 47.3 Å². The average molecular weight is 384 g/mol. The molecule has 1 aromatic heterocycles. The van der Waals surface area contributed by atoms with Gasteiger partial charge in [0.25, 0.3) is 0 Å². The van der Waals surface area contributed by atoms with Crippen molar-refractivity contribution in [2.75, 3.05) is 6.61 Å². The lowest BCUT2D eigenvalue weighted by molar-refractivity contribution is 0.0996. The summed E-state index contributed by atoms with van der Waals surface area (Å²) in [6, 6.07) is 2.31. The molecule has 2 heterocycles. The van der Waals surface area contributed by atoms with Gasteiger partial charge in [-0.15, -0.1) is 11.3 Å². The van der Waals surface area contributed by atoms with E-state index >= 15 is 0 Å². The van der Waals surface area contributed by atoms with Crippen LogP contribution in [0.1, 0.15) is 37.3 Å². The number of thiophene rings is 1. The second kappa shape index (κ2) is 6.63. The van der Waals surface area contributed by atoms with Gasteiger partial charge in [0.2, 0.25) is 0 Å². The van der Waals surface area contributed by atoms with Gasteiger partial charge in [-0.2, -0.15) is 0 Å². The van der Waals surface area contributed by atoms with Crippen LogP contribution in [0.4, 0.5) is 0 Å². The summed E-state index contributed by atoms with van der Waals surface area (Å²) in [5.41, 5.74) is 4.12. The summed E-state index contributed by atoms with van der Waals surface area (Å²) >= 11 is 8.74. The third kappa shape index (κ3) is 3.75. The van der Waals surface area contributed by atoms with Crippen molar-refractivity contribution < 1.29 is 4.74 Å².